The summed E-state index contributed by atoms with van der Waals surface area (Å²) in [6.07, 6.45) is 0. The zero-order chi connectivity index (χ0) is 18.2. The number of benzene rings is 5. The average Bonchev–Trinajstić information content (AvgIpc) is 2.74. The van der Waals surface area contributed by atoms with Gasteiger partial charge in [0, 0.05) is 0 Å². The predicted molar refractivity (Wildman–Crippen MR) is 112 cm³/mol. The van der Waals surface area contributed by atoms with Gasteiger partial charge in [-0.1, -0.05) is 91.0 Å². The largest absolute Gasteiger partial charge is 0.207 e. The number of hydrogen-bond acceptors (Lipinski definition) is 0. The lowest BCUT2D eigenvalue weighted by Crippen LogP contribution is -1.91. The van der Waals surface area contributed by atoms with E-state index in [0.29, 0.717) is 0 Å². The summed E-state index contributed by atoms with van der Waals surface area (Å²) in [6, 6.07) is 34.3. The normalized spacial score (nSPS) is 11.1. The van der Waals surface area contributed by atoms with Gasteiger partial charge in [0.05, 0.1) is 0 Å². The SMILES string of the molecule is Fc1ccc(-c2c(-c3ccccc3)c3ccccc3c3ccccc23)cc1. The summed E-state index contributed by atoms with van der Waals surface area (Å²) in [6.45, 7) is 0. The van der Waals surface area contributed by atoms with Crippen molar-refractivity contribution in [2.45, 2.75) is 0 Å². The lowest BCUT2D eigenvalue weighted by molar-refractivity contribution is 0.628. The van der Waals surface area contributed by atoms with E-state index in [1.807, 2.05) is 18.2 Å². The highest BCUT2D eigenvalue weighted by molar-refractivity contribution is 6.21. The molecule has 128 valence electrons. The smallest absolute Gasteiger partial charge is 0.123 e. The predicted octanol–water partition coefficient (Wildman–Crippen LogP) is 7.47. The standard InChI is InChI=1S/C26H17F/c27-20-16-14-19(15-17-20)26-24-13-7-5-11-22(24)21-10-4-6-12-23(21)25(26)18-8-2-1-3-9-18/h1-17H. The van der Waals surface area contributed by atoms with Crippen molar-refractivity contribution in [1.82, 2.24) is 0 Å². The minimum atomic E-state index is -0.217. The monoisotopic (exact) mass is 348 g/mol. The number of fused-ring (bicyclic) bond motifs is 3. The van der Waals surface area contributed by atoms with E-state index in [-0.39, 0.29) is 5.82 Å². The Bertz CT molecular complexity index is 1250. The molecule has 0 amide bonds. The molecule has 5 rings (SSSR count). The van der Waals surface area contributed by atoms with Gasteiger partial charge in [-0.05, 0) is 55.9 Å². The molecule has 0 aliphatic rings. The molecule has 0 heterocycles. The van der Waals surface area contributed by atoms with Crippen LogP contribution in [0.3, 0.4) is 0 Å². The van der Waals surface area contributed by atoms with Gasteiger partial charge >= 0.3 is 0 Å². The molecule has 0 aliphatic heterocycles. The van der Waals surface area contributed by atoms with E-state index in [1.54, 1.807) is 0 Å². The molecular formula is C26H17F. The highest BCUT2D eigenvalue weighted by atomic mass is 19.1. The Morgan fingerprint density at radius 3 is 1.30 bits per heavy atom. The van der Waals surface area contributed by atoms with Crippen molar-refractivity contribution in [2.24, 2.45) is 0 Å². The molecule has 0 fully saturated rings. The van der Waals surface area contributed by atoms with Gasteiger partial charge in [0.25, 0.3) is 0 Å². The second-order valence-corrected chi connectivity index (χ2v) is 6.71. The van der Waals surface area contributed by atoms with Crippen LogP contribution >= 0.6 is 0 Å². The number of halogens is 1. The molecule has 0 radical (unpaired) electrons. The second kappa shape index (κ2) is 6.37. The first kappa shape index (κ1) is 15.8. The van der Waals surface area contributed by atoms with Crippen LogP contribution in [0.2, 0.25) is 0 Å². The van der Waals surface area contributed by atoms with E-state index in [4.69, 9.17) is 0 Å². The third-order valence-corrected chi connectivity index (χ3v) is 5.13. The first-order chi connectivity index (χ1) is 13.3. The summed E-state index contributed by atoms with van der Waals surface area (Å²) in [5.41, 5.74) is 4.53. The Balaban J connectivity index is 2.03. The van der Waals surface area contributed by atoms with Crippen molar-refractivity contribution in [3.8, 4) is 22.3 Å². The molecule has 27 heavy (non-hydrogen) atoms. The van der Waals surface area contributed by atoms with E-state index < -0.39 is 0 Å². The molecule has 0 spiro atoms. The fourth-order valence-electron chi connectivity index (χ4n) is 3.96. The Hall–Kier alpha value is -3.45. The van der Waals surface area contributed by atoms with Crippen molar-refractivity contribution in [3.63, 3.8) is 0 Å². The summed E-state index contributed by atoms with van der Waals surface area (Å²) in [4.78, 5) is 0. The van der Waals surface area contributed by atoms with E-state index in [0.717, 1.165) is 11.1 Å². The van der Waals surface area contributed by atoms with Crippen LogP contribution in [0.15, 0.2) is 103 Å². The van der Waals surface area contributed by atoms with Crippen molar-refractivity contribution in [2.75, 3.05) is 0 Å². The summed E-state index contributed by atoms with van der Waals surface area (Å²) < 4.78 is 13.6. The van der Waals surface area contributed by atoms with Gasteiger partial charge in [-0.25, -0.2) is 4.39 Å². The van der Waals surface area contributed by atoms with E-state index in [1.165, 1.54) is 44.8 Å². The van der Waals surface area contributed by atoms with Crippen LogP contribution in [0.25, 0.3) is 43.8 Å². The van der Waals surface area contributed by atoms with Crippen molar-refractivity contribution < 1.29 is 4.39 Å². The fourth-order valence-corrected chi connectivity index (χ4v) is 3.96. The van der Waals surface area contributed by atoms with Crippen LogP contribution in [-0.2, 0) is 0 Å². The highest BCUT2D eigenvalue weighted by Gasteiger charge is 2.16. The fraction of sp³-hybridized carbons (Fsp3) is 0. The van der Waals surface area contributed by atoms with Crippen LogP contribution in [0.4, 0.5) is 4.39 Å². The minimum Gasteiger partial charge on any atom is -0.207 e. The maximum absolute atomic E-state index is 13.6. The average molecular weight is 348 g/mol. The summed E-state index contributed by atoms with van der Waals surface area (Å²) in [5, 5.41) is 4.84. The molecule has 5 aromatic rings. The van der Waals surface area contributed by atoms with Gasteiger partial charge in [-0.15, -0.1) is 0 Å². The third kappa shape index (κ3) is 2.60. The summed E-state index contributed by atoms with van der Waals surface area (Å²) >= 11 is 0. The maximum atomic E-state index is 13.6. The molecule has 0 bridgehead atoms. The highest BCUT2D eigenvalue weighted by Crippen LogP contribution is 2.44. The van der Waals surface area contributed by atoms with Gasteiger partial charge in [0.1, 0.15) is 5.82 Å². The minimum absolute atomic E-state index is 0.217. The molecule has 0 unspecified atom stereocenters. The van der Waals surface area contributed by atoms with Gasteiger partial charge in [0.15, 0.2) is 0 Å². The van der Waals surface area contributed by atoms with Crippen LogP contribution < -0.4 is 0 Å². The molecule has 0 aliphatic carbocycles. The third-order valence-electron chi connectivity index (χ3n) is 5.13. The zero-order valence-corrected chi connectivity index (χ0v) is 14.7. The van der Waals surface area contributed by atoms with Gasteiger partial charge in [0.2, 0.25) is 0 Å². The van der Waals surface area contributed by atoms with E-state index in [2.05, 4.69) is 72.8 Å². The van der Waals surface area contributed by atoms with Gasteiger partial charge in [-0.3, -0.25) is 0 Å². The molecule has 1 heteroatoms. The molecule has 5 aromatic carbocycles. The van der Waals surface area contributed by atoms with Crippen LogP contribution in [0, 0.1) is 5.82 Å². The molecule has 0 nitrogen and oxygen atoms in total. The van der Waals surface area contributed by atoms with Crippen molar-refractivity contribution in [1.29, 1.82) is 0 Å². The van der Waals surface area contributed by atoms with Gasteiger partial charge < -0.3 is 0 Å². The van der Waals surface area contributed by atoms with E-state index in [9.17, 15) is 4.39 Å². The molecular weight excluding hydrogens is 331 g/mol. The topological polar surface area (TPSA) is 0 Å². The van der Waals surface area contributed by atoms with Crippen molar-refractivity contribution in [3.05, 3.63) is 109 Å². The van der Waals surface area contributed by atoms with Gasteiger partial charge in [-0.2, -0.15) is 0 Å². The van der Waals surface area contributed by atoms with Crippen LogP contribution in [0.1, 0.15) is 0 Å². The zero-order valence-electron chi connectivity index (χ0n) is 14.7. The Labute approximate surface area is 157 Å². The summed E-state index contributed by atoms with van der Waals surface area (Å²) in [7, 11) is 0. The summed E-state index contributed by atoms with van der Waals surface area (Å²) in [5.74, 6) is -0.217. The molecule has 0 atom stereocenters. The lowest BCUT2D eigenvalue weighted by atomic mass is 9.85. The van der Waals surface area contributed by atoms with E-state index >= 15 is 0 Å². The van der Waals surface area contributed by atoms with Crippen LogP contribution in [-0.4, -0.2) is 0 Å². The van der Waals surface area contributed by atoms with Crippen molar-refractivity contribution >= 4 is 21.5 Å². The molecule has 0 aromatic heterocycles. The number of hydrogen-bond donors (Lipinski definition) is 0. The molecule has 0 saturated carbocycles. The number of rotatable bonds is 2. The Kier molecular flexibility index (Phi) is 3.72. The molecule has 0 N–H and O–H groups in total. The lowest BCUT2D eigenvalue weighted by Gasteiger charge is -2.18. The first-order valence-corrected chi connectivity index (χ1v) is 9.08. The second-order valence-electron chi connectivity index (χ2n) is 6.71. The first-order valence-electron chi connectivity index (χ1n) is 9.08. The molecule has 0 saturated heterocycles. The Morgan fingerprint density at radius 2 is 0.778 bits per heavy atom. The van der Waals surface area contributed by atoms with Crippen LogP contribution in [0.5, 0.6) is 0 Å². The Morgan fingerprint density at radius 1 is 0.370 bits per heavy atom. The quantitative estimate of drug-likeness (QED) is 0.290. The maximum Gasteiger partial charge on any atom is 0.123 e.